The van der Waals surface area contributed by atoms with Crippen LogP contribution in [-0.4, -0.2) is 36.5 Å². The number of anilines is 1. The summed E-state index contributed by atoms with van der Waals surface area (Å²) in [4.78, 5) is 45.3. The van der Waals surface area contributed by atoms with Crippen LogP contribution in [0.1, 0.15) is 15.9 Å². The zero-order valence-electron chi connectivity index (χ0n) is 14.3. The van der Waals surface area contributed by atoms with E-state index >= 15 is 0 Å². The molecule has 140 valence electrons. The third-order valence-electron chi connectivity index (χ3n) is 3.48. The van der Waals surface area contributed by atoms with E-state index in [1.54, 1.807) is 6.07 Å². The van der Waals surface area contributed by atoms with Crippen molar-refractivity contribution >= 4 is 29.2 Å². The largest absolute Gasteiger partial charge is 0.465 e. The monoisotopic (exact) mass is 372 g/mol. The minimum Gasteiger partial charge on any atom is -0.465 e. The first-order valence-electron chi connectivity index (χ1n) is 7.77. The molecule has 0 spiro atoms. The molecule has 0 aliphatic heterocycles. The second-order valence-electron chi connectivity index (χ2n) is 5.34. The number of hydrogen-bond acceptors (Lipinski definition) is 7. The van der Waals surface area contributed by atoms with Crippen molar-refractivity contribution in [2.45, 2.75) is 6.42 Å². The molecular weight excluding hydrogens is 356 g/mol. The number of esters is 2. The highest BCUT2D eigenvalue weighted by molar-refractivity contribution is 5.94. The average Bonchev–Trinajstić information content (AvgIpc) is 2.66. The maximum Gasteiger partial charge on any atom is 0.337 e. The Balaban J connectivity index is 1.86. The highest BCUT2D eigenvalue weighted by Crippen LogP contribution is 2.18. The van der Waals surface area contributed by atoms with Gasteiger partial charge in [-0.2, -0.15) is 0 Å². The van der Waals surface area contributed by atoms with Crippen LogP contribution in [0.15, 0.2) is 48.5 Å². The predicted octanol–water partition coefficient (Wildman–Crippen LogP) is 2.11. The number of nitrogens with zero attached hydrogens (tertiary/aromatic N) is 1. The minimum absolute atomic E-state index is 0.190. The number of nitro benzene ring substituents is 1. The molecule has 0 saturated carbocycles. The van der Waals surface area contributed by atoms with E-state index in [2.05, 4.69) is 10.1 Å². The second-order valence-corrected chi connectivity index (χ2v) is 5.34. The Hall–Kier alpha value is -3.75. The Bertz CT molecular complexity index is 862. The Morgan fingerprint density at radius 1 is 1.07 bits per heavy atom. The number of carbonyl (C=O) groups is 3. The van der Waals surface area contributed by atoms with Crippen LogP contribution in [0, 0.1) is 10.1 Å². The van der Waals surface area contributed by atoms with Crippen molar-refractivity contribution in [2.24, 2.45) is 0 Å². The van der Waals surface area contributed by atoms with Gasteiger partial charge in [0.05, 0.1) is 24.0 Å². The molecule has 0 aliphatic rings. The number of methoxy groups -OCH3 is 1. The van der Waals surface area contributed by atoms with Crippen molar-refractivity contribution in [2.75, 3.05) is 19.0 Å². The molecular formula is C18H16N2O7. The van der Waals surface area contributed by atoms with E-state index in [1.807, 2.05) is 0 Å². The number of amides is 1. The summed E-state index contributed by atoms with van der Waals surface area (Å²) < 4.78 is 9.41. The number of carbonyl (C=O) groups excluding carboxylic acids is 3. The minimum atomic E-state index is -0.763. The molecule has 9 heteroatoms. The van der Waals surface area contributed by atoms with Gasteiger partial charge < -0.3 is 14.8 Å². The fraction of sp³-hybridized carbons (Fsp3) is 0.167. The van der Waals surface area contributed by atoms with Gasteiger partial charge in [0.1, 0.15) is 0 Å². The summed E-state index contributed by atoms with van der Waals surface area (Å²) in [6, 6.07) is 11.7. The van der Waals surface area contributed by atoms with Gasteiger partial charge in [0.25, 0.3) is 11.6 Å². The van der Waals surface area contributed by atoms with Crippen molar-refractivity contribution in [1.82, 2.24) is 0 Å². The number of rotatable bonds is 7. The fourth-order valence-electron chi connectivity index (χ4n) is 2.20. The van der Waals surface area contributed by atoms with Gasteiger partial charge in [0, 0.05) is 17.3 Å². The van der Waals surface area contributed by atoms with Crippen LogP contribution in [0.25, 0.3) is 0 Å². The van der Waals surface area contributed by atoms with E-state index in [1.165, 1.54) is 49.6 Å². The molecule has 2 aromatic rings. The average molecular weight is 372 g/mol. The van der Waals surface area contributed by atoms with E-state index in [4.69, 9.17) is 4.74 Å². The van der Waals surface area contributed by atoms with Gasteiger partial charge in [-0.05, 0) is 24.3 Å². The quantitative estimate of drug-likeness (QED) is 0.448. The Morgan fingerprint density at radius 3 is 2.37 bits per heavy atom. The Labute approximate surface area is 154 Å². The molecule has 2 rings (SSSR count). The molecule has 9 nitrogen and oxygen atoms in total. The van der Waals surface area contributed by atoms with E-state index in [9.17, 15) is 24.5 Å². The van der Waals surface area contributed by atoms with Gasteiger partial charge in [0.2, 0.25) is 0 Å². The van der Waals surface area contributed by atoms with E-state index < -0.39 is 29.4 Å². The first-order valence-corrected chi connectivity index (χ1v) is 7.77. The first kappa shape index (κ1) is 19.6. The molecule has 0 aromatic heterocycles. The smallest absolute Gasteiger partial charge is 0.337 e. The number of para-hydroxylation sites is 1. The molecule has 0 radical (unpaired) electrons. The fourth-order valence-corrected chi connectivity index (χ4v) is 2.20. The molecule has 27 heavy (non-hydrogen) atoms. The lowest BCUT2D eigenvalue weighted by Gasteiger charge is -2.07. The molecule has 1 amide bonds. The number of hydrogen-bond donors (Lipinski definition) is 1. The number of ether oxygens (including phenoxy) is 2. The zero-order valence-corrected chi connectivity index (χ0v) is 14.3. The van der Waals surface area contributed by atoms with Crippen LogP contribution < -0.4 is 5.32 Å². The van der Waals surface area contributed by atoms with Gasteiger partial charge in [-0.15, -0.1) is 0 Å². The second kappa shape index (κ2) is 9.09. The topological polar surface area (TPSA) is 125 Å². The maximum absolute atomic E-state index is 11.8. The van der Waals surface area contributed by atoms with Crippen molar-refractivity contribution in [3.8, 4) is 0 Å². The molecule has 0 fully saturated rings. The summed E-state index contributed by atoms with van der Waals surface area (Å²) >= 11 is 0. The van der Waals surface area contributed by atoms with Crippen LogP contribution in [-0.2, 0) is 25.5 Å². The molecule has 0 heterocycles. The molecule has 0 bridgehead atoms. The van der Waals surface area contributed by atoms with Crippen molar-refractivity contribution in [1.29, 1.82) is 0 Å². The highest BCUT2D eigenvalue weighted by atomic mass is 16.6. The normalized spacial score (nSPS) is 9.96. The van der Waals surface area contributed by atoms with Crippen molar-refractivity contribution in [3.05, 3.63) is 69.8 Å². The standard InChI is InChI=1S/C18H16N2O7/c1-26-18(23)12-6-8-14(9-7-12)19-16(21)11-27-17(22)10-13-4-2-3-5-15(13)20(24)25/h2-9H,10-11H2,1H3,(H,19,21). The van der Waals surface area contributed by atoms with E-state index in [0.717, 1.165) is 0 Å². The molecule has 0 atom stereocenters. The van der Waals surface area contributed by atoms with Gasteiger partial charge in [-0.3, -0.25) is 19.7 Å². The number of benzene rings is 2. The Kier molecular flexibility index (Phi) is 6.59. The number of nitro groups is 1. The van der Waals surface area contributed by atoms with Gasteiger partial charge in [0.15, 0.2) is 6.61 Å². The SMILES string of the molecule is COC(=O)c1ccc(NC(=O)COC(=O)Cc2ccccc2[N+](=O)[O-])cc1. The molecule has 0 saturated heterocycles. The van der Waals surface area contributed by atoms with Crippen LogP contribution in [0.2, 0.25) is 0 Å². The third-order valence-corrected chi connectivity index (χ3v) is 3.48. The van der Waals surface area contributed by atoms with E-state index in [0.29, 0.717) is 11.3 Å². The summed E-state index contributed by atoms with van der Waals surface area (Å²) in [6.45, 7) is -0.543. The molecule has 0 unspecified atom stereocenters. The number of nitrogens with one attached hydrogen (secondary N) is 1. The molecule has 1 N–H and O–H groups in total. The lowest BCUT2D eigenvalue weighted by Crippen LogP contribution is -2.21. The molecule has 2 aromatic carbocycles. The predicted molar refractivity (Wildman–Crippen MR) is 94.2 cm³/mol. The lowest BCUT2D eigenvalue weighted by atomic mass is 10.1. The van der Waals surface area contributed by atoms with Crippen molar-refractivity contribution < 1.29 is 28.8 Å². The maximum atomic E-state index is 11.8. The molecule has 0 aliphatic carbocycles. The summed E-state index contributed by atoms with van der Waals surface area (Å²) in [5.74, 6) is -1.85. The van der Waals surface area contributed by atoms with Crippen LogP contribution in [0.3, 0.4) is 0 Å². The first-order chi connectivity index (χ1) is 12.9. The van der Waals surface area contributed by atoms with E-state index in [-0.39, 0.29) is 17.7 Å². The van der Waals surface area contributed by atoms with Gasteiger partial charge in [-0.25, -0.2) is 4.79 Å². The summed E-state index contributed by atoms with van der Waals surface area (Å²) in [5, 5.41) is 13.4. The lowest BCUT2D eigenvalue weighted by molar-refractivity contribution is -0.385. The van der Waals surface area contributed by atoms with Gasteiger partial charge in [-0.1, -0.05) is 18.2 Å². The Morgan fingerprint density at radius 2 is 1.74 bits per heavy atom. The van der Waals surface area contributed by atoms with Crippen LogP contribution in [0.4, 0.5) is 11.4 Å². The van der Waals surface area contributed by atoms with Gasteiger partial charge >= 0.3 is 11.9 Å². The highest BCUT2D eigenvalue weighted by Gasteiger charge is 2.17. The summed E-state index contributed by atoms with van der Waals surface area (Å²) in [5.41, 5.74) is 0.740. The van der Waals surface area contributed by atoms with Crippen molar-refractivity contribution in [3.63, 3.8) is 0 Å². The van der Waals surface area contributed by atoms with Crippen LogP contribution in [0.5, 0.6) is 0 Å². The van der Waals surface area contributed by atoms with Crippen LogP contribution >= 0.6 is 0 Å². The summed E-state index contributed by atoms with van der Waals surface area (Å²) in [6.07, 6.45) is -0.321. The summed E-state index contributed by atoms with van der Waals surface area (Å²) in [7, 11) is 1.26. The third kappa shape index (κ3) is 5.63. The zero-order chi connectivity index (χ0) is 19.8.